The molecule has 0 aromatic heterocycles. The number of carbonyl (C=O) groups excluding carboxylic acids is 3. The zero-order valence-corrected chi connectivity index (χ0v) is 13.0. The Hall–Kier alpha value is -3.16. The SMILES string of the molecule is CC(=O)c1ccc(NC(=O)c2ccc(NC(=O)C(F)(F)F)cc2)cc1. The van der Waals surface area contributed by atoms with Crippen LogP contribution in [0.2, 0.25) is 0 Å². The van der Waals surface area contributed by atoms with Crippen molar-refractivity contribution in [3.05, 3.63) is 59.7 Å². The number of carbonyl (C=O) groups is 3. The molecule has 0 heterocycles. The van der Waals surface area contributed by atoms with E-state index in [4.69, 9.17) is 0 Å². The van der Waals surface area contributed by atoms with Crippen LogP contribution in [0.5, 0.6) is 0 Å². The maximum atomic E-state index is 12.2. The molecule has 5 nitrogen and oxygen atoms in total. The molecule has 0 aliphatic carbocycles. The molecule has 0 fully saturated rings. The number of hydrogen-bond acceptors (Lipinski definition) is 3. The first-order valence-electron chi connectivity index (χ1n) is 7.07. The molecule has 0 spiro atoms. The van der Waals surface area contributed by atoms with Gasteiger partial charge in [-0.3, -0.25) is 14.4 Å². The predicted molar refractivity (Wildman–Crippen MR) is 85.5 cm³/mol. The van der Waals surface area contributed by atoms with Gasteiger partial charge in [0, 0.05) is 22.5 Å². The van der Waals surface area contributed by atoms with E-state index in [0.29, 0.717) is 11.3 Å². The molecule has 0 aliphatic rings. The first-order chi connectivity index (χ1) is 11.7. The topological polar surface area (TPSA) is 75.3 Å². The number of halogens is 3. The Kier molecular flexibility index (Phi) is 5.21. The highest BCUT2D eigenvalue weighted by molar-refractivity contribution is 6.05. The molecule has 2 aromatic carbocycles. The summed E-state index contributed by atoms with van der Waals surface area (Å²) in [6, 6.07) is 11.2. The third-order valence-corrected chi connectivity index (χ3v) is 3.21. The van der Waals surface area contributed by atoms with E-state index in [0.717, 1.165) is 0 Å². The fourth-order valence-corrected chi connectivity index (χ4v) is 1.90. The summed E-state index contributed by atoms with van der Waals surface area (Å²) < 4.78 is 36.5. The van der Waals surface area contributed by atoms with E-state index in [9.17, 15) is 27.6 Å². The predicted octanol–water partition coefficient (Wildman–Crippen LogP) is 3.64. The number of Topliss-reactive ketones (excluding diaryl/α,β-unsaturated/α-hetero) is 1. The highest BCUT2D eigenvalue weighted by atomic mass is 19.4. The highest BCUT2D eigenvalue weighted by Gasteiger charge is 2.38. The third kappa shape index (κ3) is 4.90. The van der Waals surface area contributed by atoms with Crippen molar-refractivity contribution in [2.75, 3.05) is 10.6 Å². The van der Waals surface area contributed by atoms with E-state index >= 15 is 0 Å². The van der Waals surface area contributed by atoms with E-state index in [1.807, 2.05) is 0 Å². The minimum atomic E-state index is -4.98. The summed E-state index contributed by atoms with van der Waals surface area (Å²) in [4.78, 5) is 34.1. The van der Waals surface area contributed by atoms with E-state index in [-0.39, 0.29) is 17.0 Å². The van der Waals surface area contributed by atoms with Crippen LogP contribution in [0.4, 0.5) is 24.5 Å². The van der Waals surface area contributed by atoms with Crippen LogP contribution >= 0.6 is 0 Å². The van der Waals surface area contributed by atoms with Crippen molar-refractivity contribution in [2.45, 2.75) is 13.1 Å². The summed E-state index contributed by atoms with van der Waals surface area (Å²) in [5.41, 5.74) is 1.08. The van der Waals surface area contributed by atoms with Gasteiger partial charge in [0.2, 0.25) is 0 Å². The fraction of sp³-hybridized carbons (Fsp3) is 0.118. The second kappa shape index (κ2) is 7.16. The standard InChI is InChI=1S/C17H13F3N2O3/c1-10(23)11-2-6-13(7-3-11)21-15(24)12-4-8-14(9-5-12)22-16(25)17(18,19)20/h2-9H,1H3,(H,21,24)(H,22,25). The van der Waals surface area contributed by atoms with Gasteiger partial charge in [0.25, 0.3) is 5.91 Å². The van der Waals surface area contributed by atoms with Gasteiger partial charge in [-0.15, -0.1) is 0 Å². The lowest BCUT2D eigenvalue weighted by Gasteiger charge is -2.09. The fourth-order valence-electron chi connectivity index (χ4n) is 1.90. The number of anilines is 2. The molecular formula is C17H13F3N2O3. The third-order valence-electron chi connectivity index (χ3n) is 3.21. The van der Waals surface area contributed by atoms with Crippen LogP contribution in [-0.4, -0.2) is 23.8 Å². The largest absolute Gasteiger partial charge is 0.471 e. The number of nitrogens with one attached hydrogen (secondary N) is 2. The minimum absolute atomic E-state index is 0.0790. The van der Waals surface area contributed by atoms with Crippen molar-refractivity contribution >= 4 is 29.0 Å². The van der Waals surface area contributed by atoms with Crippen molar-refractivity contribution in [2.24, 2.45) is 0 Å². The molecule has 2 N–H and O–H groups in total. The summed E-state index contributed by atoms with van der Waals surface area (Å²) in [5.74, 6) is -2.67. The number of amides is 2. The smallest absolute Gasteiger partial charge is 0.322 e. The number of rotatable bonds is 4. The molecule has 8 heteroatoms. The van der Waals surface area contributed by atoms with Crippen molar-refractivity contribution in [1.82, 2.24) is 0 Å². The minimum Gasteiger partial charge on any atom is -0.322 e. The van der Waals surface area contributed by atoms with Crippen LogP contribution in [0.25, 0.3) is 0 Å². The number of hydrogen-bond donors (Lipinski definition) is 2. The quantitative estimate of drug-likeness (QED) is 0.827. The van der Waals surface area contributed by atoms with Crippen molar-refractivity contribution in [1.29, 1.82) is 0 Å². The van der Waals surface area contributed by atoms with Crippen LogP contribution in [0.3, 0.4) is 0 Å². The zero-order valence-electron chi connectivity index (χ0n) is 13.0. The first-order valence-corrected chi connectivity index (χ1v) is 7.07. The molecule has 2 aromatic rings. The summed E-state index contributed by atoms with van der Waals surface area (Å²) in [6.45, 7) is 1.42. The van der Waals surface area contributed by atoms with E-state index in [1.54, 1.807) is 29.6 Å². The van der Waals surface area contributed by atoms with Crippen molar-refractivity contribution < 1.29 is 27.6 Å². The highest BCUT2D eigenvalue weighted by Crippen LogP contribution is 2.19. The van der Waals surface area contributed by atoms with E-state index in [1.165, 1.54) is 31.2 Å². The second-order valence-corrected chi connectivity index (χ2v) is 5.12. The lowest BCUT2D eigenvalue weighted by molar-refractivity contribution is -0.167. The molecule has 0 saturated heterocycles. The molecule has 0 aliphatic heterocycles. The van der Waals surface area contributed by atoms with Crippen LogP contribution in [-0.2, 0) is 4.79 Å². The van der Waals surface area contributed by atoms with Crippen LogP contribution < -0.4 is 10.6 Å². The van der Waals surface area contributed by atoms with Gasteiger partial charge in [0.15, 0.2) is 5.78 Å². The lowest BCUT2D eigenvalue weighted by atomic mass is 10.1. The maximum Gasteiger partial charge on any atom is 0.471 e. The molecule has 0 atom stereocenters. The maximum absolute atomic E-state index is 12.2. The van der Waals surface area contributed by atoms with Gasteiger partial charge in [0.1, 0.15) is 0 Å². The Morgan fingerprint density at radius 2 is 1.20 bits per heavy atom. The van der Waals surface area contributed by atoms with Gasteiger partial charge in [-0.1, -0.05) is 0 Å². The summed E-state index contributed by atoms with van der Waals surface area (Å²) >= 11 is 0. The molecule has 0 radical (unpaired) electrons. The summed E-state index contributed by atoms with van der Waals surface area (Å²) in [6.07, 6.45) is -4.98. The van der Waals surface area contributed by atoms with Gasteiger partial charge >= 0.3 is 12.1 Å². The van der Waals surface area contributed by atoms with Gasteiger partial charge in [0.05, 0.1) is 0 Å². The van der Waals surface area contributed by atoms with Gasteiger partial charge in [-0.2, -0.15) is 13.2 Å². The molecule has 2 rings (SSSR count). The molecular weight excluding hydrogens is 337 g/mol. The Balaban J connectivity index is 2.02. The average Bonchev–Trinajstić information content (AvgIpc) is 2.55. The van der Waals surface area contributed by atoms with Crippen molar-refractivity contribution in [3.8, 4) is 0 Å². The van der Waals surface area contributed by atoms with E-state index in [2.05, 4.69) is 5.32 Å². The Labute approximate surface area is 140 Å². The molecule has 0 unspecified atom stereocenters. The molecule has 2 amide bonds. The Morgan fingerprint density at radius 3 is 1.64 bits per heavy atom. The Bertz CT molecular complexity index is 797. The molecule has 130 valence electrons. The molecule has 25 heavy (non-hydrogen) atoms. The molecule has 0 bridgehead atoms. The van der Waals surface area contributed by atoms with E-state index < -0.39 is 18.0 Å². The normalized spacial score (nSPS) is 10.9. The lowest BCUT2D eigenvalue weighted by Crippen LogP contribution is -2.29. The molecule has 0 saturated carbocycles. The monoisotopic (exact) mass is 350 g/mol. The summed E-state index contributed by atoms with van der Waals surface area (Å²) in [7, 11) is 0. The van der Waals surface area contributed by atoms with Gasteiger partial charge in [-0.25, -0.2) is 0 Å². The zero-order chi connectivity index (χ0) is 18.6. The first kappa shape index (κ1) is 18.2. The van der Waals surface area contributed by atoms with Crippen LogP contribution in [0, 0.1) is 0 Å². The van der Waals surface area contributed by atoms with Gasteiger partial charge in [-0.05, 0) is 55.5 Å². The second-order valence-electron chi connectivity index (χ2n) is 5.12. The average molecular weight is 350 g/mol. The number of alkyl halides is 3. The van der Waals surface area contributed by atoms with Crippen molar-refractivity contribution in [3.63, 3.8) is 0 Å². The Morgan fingerprint density at radius 1 is 0.760 bits per heavy atom. The van der Waals surface area contributed by atoms with Crippen LogP contribution in [0.1, 0.15) is 27.6 Å². The number of benzene rings is 2. The number of ketones is 1. The van der Waals surface area contributed by atoms with Gasteiger partial charge < -0.3 is 10.6 Å². The van der Waals surface area contributed by atoms with Crippen LogP contribution in [0.15, 0.2) is 48.5 Å². The summed E-state index contributed by atoms with van der Waals surface area (Å²) in [5, 5.41) is 4.28.